The van der Waals surface area contributed by atoms with Gasteiger partial charge in [-0.1, -0.05) is 12.1 Å². The molecule has 1 aromatic carbocycles. The van der Waals surface area contributed by atoms with Gasteiger partial charge in [-0.05, 0) is 38.8 Å². The van der Waals surface area contributed by atoms with Crippen LogP contribution in [0.4, 0.5) is 0 Å². The highest BCUT2D eigenvalue weighted by molar-refractivity contribution is 6.20. The third kappa shape index (κ3) is 2.05. The Morgan fingerprint density at radius 1 is 1.47 bits per heavy atom. The van der Waals surface area contributed by atoms with E-state index >= 15 is 0 Å². The quantitative estimate of drug-likeness (QED) is 0.777. The number of alkyl halides is 1. The average Bonchev–Trinajstić information content (AvgIpc) is 2.93. The smallest absolute Gasteiger partial charge is 0.128 e. The number of aromatic nitrogens is 2. The first kappa shape index (κ1) is 12.9. The van der Waals surface area contributed by atoms with Crippen LogP contribution in [0.1, 0.15) is 43.1 Å². The summed E-state index contributed by atoms with van der Waals surface area (Å²) in [6, 6.07) is 6.57. The van der Waals surface area contributed by atoms with Gasteiger partial charge in [-0.25, -0.2) is 4.98 Å². The molecular weight excluding hydrogens is 260 g/mol. The van der Waals surface area contributed by atoms with Gasteiger partial charge in [-0.15, -0.1) is 11.6 Å². The van der Waals surface area contributed by atoms with E-state index < -0.39 is 0 Å². The SMILES string of the molecule is Cc1cccc2nc(C(C)Cl)n(C3CCOC3C)c12. The fourth-order valence-electron chi connectivity index (χ4n) is 3.01. The zero-order valence-electron chi connectivity index (χ0n) is 11.6. The van der Waals surface area contributed by atoms with Crippen LogP contribution >= 0.6 is 11.6 Å². The largest absolute Gasteiger partial charge is 0.376 e. The van der Waals surface area contributed by atoms with Crippen LogP contribution in [-0.2, 0) is 4.74 Å². The number of nitrogens with zero attached hydrogens (tertiary/aromatic N) is 2. The molecule has 0 aliphatic carbocycles. The van der Waals surface area contributed by atoms with Gasteiger partial charge in [0, 0.05) is 6.61 Å². The van der Waals surface area contributed by atoms with E-state index in [2.05, 4.69) is 30.5 Å². The second-order valence-electron chi connectivity index (χ2n) is 5.33. The molecule has 3 nitrogen and oxygen atoms in total. The van der Waals surface area contributed by atoms with Gasteiger partial charge in [0.05, 0.1) is 28.6 Å². The number of aryl methyl sites for hydroxylation is 1. The molecule has 1 aliphatic heterocycles. The Labute approximate surface area is 118 Å². The maximum Gasteiger partial charge on any atom is 0.128 e. The molecular formula is C15H19ClN2O. The predicted octanol–water partition coefficient (Wildman–Crippen LogP) is 3.99. The third-order valence-electron chi connectivity index (χ3n) is 3.96. The van der Waals surface area contributed by atoms with Crippen LogP contribution in [0, 0.1) is 6.92 Å². The summed E-state index contributed by atoms with van der Waals surface area (Å²) in [6.07, 6.45) is 1.24. The van der Waals surface area contributed by atoms with Crippen molar-refractivity contribution in [1.29, 1.82) is 0 Å². The van der Waals surface area contributed by atoms with E-state index in [1.807, 2.05) is 13.0 Å². The van der Waals surface area contributed by atoms with E-state index in [4.69, 9.17) is 21.3 Å². The standard InChI is InChI=1S/C15H19ClN2O/c1-9-5-4-6-12-14(9)18(15(17-12)10(2)16)13-7-8-19-11(13)3/h4-6,10-11,13H,7-8H2,1-3H3. The van der Waals surface area contributed by atoms with Crippen molar-refractivity contribution in [3.63, 3.8) is 0 Å². The first-order chi connectivity index (χ1) is 9.09. The van der Waals surface area contributed by atoms with E-state index in [1.54, 1.807) is 0 Å². The minimum Gasteiger partial charge on any atom is -0.376 e. The zero-order valence-corrected chi connectivity index (χ0v) is 12.3. The van der Waals surface area contributed by atoms with Crippen molar-refractivity contribution in [2.45, 2.75) is 44.7 Å². The summed E-state index contributed by atoms with van der Waals surface area (Å²) in [5.74, 6) is 0.952. The summed E-state index contributed by atoms with van der Waals surface area (Å²) in [7, 11) is 0. The number of ether oxygens (including phenoxy) is 1. The average molecular weight is 279 g/mol. The molecule has 1 aliphatic rings. The molecule has 1 fully saturated rings. The van der Waals surface area contributed by atoms with Crippen molar-refractivity contribution in [2.75, 3.05) is 6.61 Å². The summed E-state index contributed by atoms with van der Waals surface area (Å²) < 4.78 is 8.03. The van der Waals surface area contributed by atoms with Crippen molar-refractivity contribution < 1.29 is 4.74 Å². The molecule has 102 valence electrons. The zero-order chi connectivity index (χ0) is 13.6. The van der Waals surface area contributed by atoms with Gasteiger partial charge in [0.15, 0.2) is 0 Å². The molecule has 4 heteroatoms. The first-order valence-electron chi connectivity index (χ1n) is 6.82. The lowest BCUT2D eigenvalue weighted by atomic mass is 10.1. The number of rotatable bonds is 2. The fraction of sp³-hybridized carbons (Fsp3) is 0.533. The lowest BCUT2D eigenvalue weighted by Gasteiger charge is -2.21. The Hall–Kier alpha value is -1.06. The molecule has 0 radical (unpaired) electrons. The highest BCUT2D eigenvalue weighted by Crippen LogP contribution is 2.35. The lowest BCUT2D eigenvalue weighted by molar-refractivity contribution is 0.108. The van der Waals surface area contributed by atoms with E-state index in [0.717, 1.165) is 24.4 Å². The molecule has 3 atom stereocenters. The molecule has 19 heavy (non-hydrogen) atoms. The van der Waals surface area contributed by atoms with Crippen LogP contribution < -0.4 is 0 Å². The van der Waals surface area contributed by atoms with Gasteiger partial charge in [0.25, 0.3) is 0 Å². The van der Waals surface area contributed by atoms with Gasteiger partial charge < -0.3 is 9.30 Å². The molecule has 0 saturated carbocycles. The summed E-state index contributed by atoms with van der Waals surface area (Å²) in [6.45, 7) is 7.05. The summed E-state index contributed by atoms with van der Waals surface area (Å²) in [5, 5.41) is -0.0976. The van der Waals surface area contributed by atoms with Gasteiger partial charge >= 0.3 is 0 Å². The van der Waals surface area contributed by atoms with Gasteiger partial charge in [-0.2, -0.15) is 0 Å². The Kier molecular flexibility index (Phi) is 3.27. The highest BCUT2D eigenvalue weighted by Gasteiger charge is 2.30. The number of hydrogen-bond donors (Lipinski definition) is 0. The van der Waals surface area contributed by atoms with Crippen molar-refractivity contribution in [3.05, 3.63) is 29.6 Å². The third-order valence-corrected chi connectivity index (χ3v) is 4.16. The minimum atomic E-state index is -0.0976. The fourth-order valence-corrected chi connectivity index (χ4v) is 3.17. The molecule has 3 unspecified atom stereocenters. The summed E-state index contributed by atoms with van der Waals surface area (Å²) in [4.78, 5) is 4.73. The second-order valence-corrected chi connectivity index (χ2v) is 5.99. The highest BCUT2D eigenvalue weighted by atomic mass is 35.5. The minimum absolute atomic E-state index is 0.0976. The summed E-state index contributed by atoms with van der Waals surface area (Å²) in [5.41, 5.74) is 3.47. The molecule has 0 N–H and O–H groups in total. The van der Waals surface area contributed by atoms with Crippen LogP contribution in [0.5, 0.6) is 0 Å². The van der Waals surface area contributed by atoms with Crippen LogP contribution in [0.15, 0.2) is 18.2 Å². The number of imidazole rings is 1. The van der Waals surface area contributed by atoms with Crippen LogP contribution in [0.25, 0.3) is 11.0 Å². The van der Waals surface area contributed by atoms with E-state index in [1.165, 1.54) is 11.1 Å². The predicted molar refractivity (Wildman–Crippen MR) is 77.8 cm³/mol. The maximum atomic E-state index is 6.33. The second kappa shape index (κ2) is 4.80. The molecule has 0 amide bonds. The Morgan fingerprint density at radius 2 is 2.26 bits per heavy atom. The van der Waals surface area contributed by atoms with E-state index in [-0.39, 0.29) is 11.5 Å². The van der Waals surface area contributed by atoms with Gasteiger partial charge in [0.1, 0.15) is 5.82 Å². The number of benzene rings is 1. The lowest BCUT2D eigenvalue weighted by Crippen LogP contribution is -2.19. The van der Waals surface area contributed by atoms with E-state index in [0.29, 0.717) is 6.04 Å². The van der Waals surface area contributed by atoms with Crippen molar-refractivity contribution >= 4 is 22.6 Å². The topological polar surface area (TPSA) is 27.1 Å². The number of para-hydroxylation sites is 1. The summed E-state index contributed by atoms with van der Waals surface area (Å²) >= 11 is 6.33. The normalized spacial score (nSPS) is 25.1. The molecule has 3 rings (SSSR count). The molecule has 2 aromatic rings. The van der Waals surface area contributed by atoms with Crippen LogP contribution in [-0.4, -0.2) is 22.3 Å². The van der Waals surface area contributed by atoms with Gasteiger partial charge in [0.2, 0.25) is 0 Å². The molecule has 0 bridgehead atoms. The number of fused-ring (bicyclic) bond motifs is 1. The number of hydrogen-bond acceptors (Lipinski definition) is 2. The van der Waals surface area contributed by atoms with Crippen LogP contribution in [0.3, 0.4) is 0 Å². The molecule has 0 spiro atoms. The molecule has 2 heterocycles. The van der Waals surface area contributed by atoms with Gasteiger partial charge in [-0.3, -0.25) is 0 Å². The first-order valence-corrected chi connectivity index (χ1v) is 7.26. The van der Waals surface area contributed by atoms with Crippen molar-refractivity contribution in [3.8, 4) is 0 Å². The number of halogens is 1. The Bertz CT molecular complexity index is 605. The maximum absolute atomic E-state index is 6.33. The van der Waals surface area contributed by atoms with Crippen LogP contribution in [0.2, 0.25) is 0 Å². The van der Waals surface area contributed by atoms with E-state index in [9.17, 15) is 0 Å². The molecule has 1 aromatic heterocycles. The molecule has 1 saturated heterocycles. The monoisotopic (exact) mass is 278 g/mol. The Morgan fingerprint density at radius 3 is 2.89 bits per heavy atom. The van der Waals surface area contributed by atoms with Crippen molar-refractivity contribution in [1.82, 2.24) is 9.55 Å². The van der Waals surface area contributed by atoms with Crippen molar-refractivity contribution in [2.24, 2.45) is 0 Å². The Balaban J connectivity index is 2.27.